The summed E-state index contributed by atoms with van der Waals surface area (Å²) in [5.74, 6) is 0.260. The van der Waals surface area contributed by atoms with E-state index in [0.29, 0.717) is 12.0 Å². The third-order valence-corrected chi connectivity index (χ3v) is 4.14. The Morgan fingerprint density at radius 3 is 2.42 bits per heavy atom. The van der Waals surface area contributed by atoms with Crippen molar-refractivity contribution in [3.63, 3.8) is 0 Å². The van der Waals surface area contributed by atoms with E-state index < -0.39 is 0 Å². The Morgan fingerprint density at radius 2 is 1.89 bits per heavy atom. The number of rotatable bonds is 3. The molecule has 3 heteroatoms. The van der Waals surface area contributed by atoms with E-state index in [1.807, 2.05) is 0 Å². The van der Waals surface area contributed by atoms with Crippen molar-refractivity contribution in [3.8, 4) is 0 Å². The molecule has 112 valence electrons. The SMILES string of the molecule is CC(C)(C)CC(CN)C(=O)N1CCCC(C)(C)CC1. The lowest BCUT2D eigenvalue weighted by Crippen LogP contribution is -2.41. The number of likely N-dealkylation sites (tertiary alicyclic amines) is 1. The van der Waals surface area contributed by atoms with Gasteiger partial charge in [0.05, 0.1) is 5.92 Å². The molecule has 1 rings (SSSR count). The van der Waals surface area contributed by atoms with E-state index in [1.165, 1.54) is 6.42 Å². The molecule has 0 aromatic carbocycles. The topological polar surface area (TPSA) is 46.3 Å². The number of nitrogens with two attached hydrogens (primary N) is 1. The predicted molar refractivity (Wildman–Crippen MR) is 80.8 cm³/mol. The van der Waals surface area contributed by atoms with Crippen molar-refractivity contribution in [2.24, 2.45) is 22.5 Å². The molecule has 1 saturated heterocycles. The second-order valence-corrected chi connectivity index (χ2v) is 8.04. The van der Waals surface area contributed by atoms with Gasteiger partial charge < -0.3 is 10.6 Å². The van der Waals surface area contributed by atoms with Gasteiger partial charge in [-0.05, 0) is 36.5 Å². The quantitative estimate of drug-likeness (QED) is 0.855. The van der Waals surface area contributed by atoms with E-state index in [9.17, 15) is 4.79 Å². The lowest BCUT2D eigenvalue weighted by molar-refractivity contribution is -0.136. The van der Waals surface area contributed by atoms with Crippen LogP contribution in [-0.4, -0.2) is 30.4 Å². The molecule has 0 aromatic rings. The highest BCUT2D eigenvalue weighted by Gasteiger charge is 2.30. The molecule has 1 unspecified atom stereocenters. The molecular weight excluding hydrogens is 236 g/mol. The van der Waals surface area contributed by atoms with Gasteiger partial charge in [-0.2, -0.15) is 0 Å². The molecule has 0 saturated carbocycles. The van der Waals surface area contributed by atoms with E-state index in [0.717, 1.165) is 32.4 Å². The Morgan fingerprint density at radius 1 is 1.26 bits per heavy atom. The highest BCUT2D eigenvalue weighted by atomic mass is 16.2. The summed E-state index contributed by atoms with van der Waals surface area (Å²) >= 11 is 0. The van der Waals surface area contributed by atoms with Gasteiger partial charge in [0.15, 0.2) is 0 Å². The lowest BCUT2D eigenvalue weighted by Gasteiger charge is -2.30. The van der Waals surface area contributed by atoms with Crippen LogP contribution in [0.1, 0.15) is 60.3 Å². The first-order valence-corrected chi connectivity index (χ1v) is 7.63. The van der Waals surface area contributed by atoms with Gasteiger partial charge in [0, 0.05) is 19.6 Å². The molecular formula is C16H32N2O. The number of carbonyl (C=O) groups excluding carboxylic acids is 1. The van der Waals surface area contributed by atoms with Crippen LogP contribution in [0.4, 0.5) is 0 Å². The normalized spacial score (nSPS) is 21.9. The van der Waals surface area contributed by atoms with E-state index in [4.69, 9.17) is 5.73 Å². The average Bonchev–Trinajstić information content (AvgIpc) is 2.45. The highest BCUT2D eigenvalue weighted by Crippen LogP contribution is 2.31. The molecule has 2 N–H and O–H groups in total. The molecule has 1 heterocycles. The van der Waals surface area contributed by atoms with Gasteiger partial charge >= 0.3 is 0 Å². The molecule has 19 heavy (non-hydrogen) atoms. The van der Waals surface area contributed by atoms with Crippen molar-refractivity contribution < 1.29 is 4.79 Å². The van der Waals surface area contributed by atoms with Crippen molar-refractivity contribution in [3.05, 3.63) is 0 Å². The molecule has 1 atom stereocenters. The summed E-state index contributed by atoms with van der Waals surface area (Å²) in [6, 6.07) is 0. The standard InChI is InChI=1S/C16H32N2O/c1-15(2,3)11-13(12-17)14(19)18-9-6-7-16(4,5)8-10-18/h13H,6-12,17H2,1-5H3. The zero-order chi connectivity index (χ0) is 14.7. The fourth-order valence-corrected chi connectivity index (χ4v) is 2.91. The lowest BCUT2D eigenvalue weighted by atomic mass is 9.84. The second-order valence-electron chi connectivity index (χ2n) is 8.04. The van der Waals surface area contributed by atoms with E-state index >= 15 is 0 Å². The van der Waals surface area contributed by atoms with Gasteiger partial charge in [-0.3, -0.25) is 4.79 Å². The minimum absolute atomic E-state index is 0.0128. The van der Waals surface area contributed by atoms with Gasteiger partial charge in [-0.15, -0.1) is 0 Å². The summed E-state index contributed by atoms with van der Waals surface area (Å²) in [7, 11) is 0. The third-order valence-electron chi connectivity index (χ3n) is 4.14. The fourth-order valence-electron chi connectivity index (χ4n) is 2.91. The maximum absolute atomic E-state index is 12.6. The summed E-state index contributed by atoms with van der Waals surface area (Å²) < 4.78 is 0. The predicted octanol–water partition coefficient (Wildman–Crippen LogP) is 3.04. The Bertz CT molecular complexity index is 304. The molecule has 0 spiro atoms. The molecule has 1 aliphatic rings. The summed E-state index contributed by atoms with van der Waals surface area (Å²) in [6.07, 6.45) is 4.31. The minimum atomic E-state index is -0.0128. The molecule has 1 amide bonds. The zero-order valence-electron chi connectivity index (χ0n) is 13.5. The Kier molecular flexibility index (Phi) is 5.43. The maximum Gasteiger partial charge on any atom is 0.226 e. The van der Waals surface area contributed by atoms with E-state index in [-0.39, 0.29) is 17.2 Å². The van der Waals surface area contributed by atoms with Crippen LogP contribution in [0.2, 0.25) is 0 Å². The average molecular weight is 268 g/mol. The molecule has 1 aliphatic heterocycles. The number of nitrogens with zero attached hydrogens (tertiary/aromatic N) is 1. The molecule has 1 fully saturated rings. The Hall–Kier alpha value is -0.570. The van der Waals surface area contributed by atoms with Crippen molar-refractivity contribution in [1.29, 1.82) is 0 Å². The number of amides is 1. The van der Waals surface area contributed by atoms with Gasteiger partial charge in [0.1, 0.15) is 0 Å². The smallest absolute Gasteiger partial charge is 0.226 e. The first-order valence-electron chi connectivity index (χ1n) is 7.63. The Balaban J connectivity index is 2.65. The van der Waals surface area contributed by atoms with E-state index in [2.05, 4.69) is 39.5 Å². The van der Waals surface area contributed by atoms with Gasteiger partial charge in [0.25, 0.3) is 0 Å². The van der Waals surface area contributed by atoms with Crippen LogP contribution in [0, 0.1) is 16.7 Å². The largest absolute Gasteiger partial charge is 0.342 e. The summed E-state index contributed by atoms with van der Waals surface area (Å²) in [6.45, 7) is 13.4. The van der Waals surface area contributed by atoms with Crippen LogP contribution in [0.5, 0.6) is 0 Å². The van der Waals surface area contributed by atoms with Crippen LogP contribution >= 0.6 is 0 Å². The Labute approximate surface area is 118 Å². The van der Waals surface area contributed by atoms with E-state index in [1.54, 1.807) is 0 Å². The van der Waals surface area contributed by atoms with Crippen LogP contribution < -0.4 is 5.73 Å². The molecule has 3 nitrogen and oxygen atoms in total. The van der Waals surface area contributed by atoms with Crippen molar-refractivity contribution in [2.45, 2.75) is 60.3 Å². The second kappa shape index (κ2) is 6.25. The van der Waals surface area contributed by atoms with Crippen LogP contribution in [-0.2, 0) is 4.79 Å². The summed E-state index contributed by atoms with van der Waals surface area (Å²) in [4.78, 5) is 14.7. The first kappa shape index (κ1) is 16.5. The third kappa shape index (κ3) is 5.52. The maximum atomic E-state index is 12.6. The van der Waals surface area contributed by atoms with Gasteiger partial charge in [-0.1, -0.05) is 34.6 Å². The number of carbonyl (C=O) groups is 1. The van der Waals surface area contributed by atoms with Crippen molar-refractivity contribution in [2.75, 3.05) is 19.6 Å². The van der Waals surface area contributed by atoms with Gasteiger partial charge in [-0.25, -0.2) is 0 Å². The van der Waals surface area contributed by atoms with Crippen molar-refractivity contribution in [1.82, 2.24) is 4.90 Å². The summed E-state index contributed by atoms with van der Waals surface area (Å²) in [5, 5.41) is 0. The first-order chi connectivity index (χ1) is 8.64. The van der Waals surface area contributed by atoms with Crippen LogP contribution in [0.15, 0.2) is 0 Å². The van der Waals surface area contributed by atoms with Crippen LogP contribution in [0.25, 0.3) is 0 Å². The molecule has 0 aromatic heterocycles. The molecule has 0 bridgehead atoms. The number of hydrogen-bond donors (Lipinski definition) is 1. The highest BCUT2D eigenvalue weighted by molar-refractivity contribution is 5.79. The van der Waals surface area contributed by atoms with Crippen LogP contribution in [0.3, 0.4) is 0 Å². The monoisotopic (exact) mass is 268 g/mol. The molecule has 0 radical (unpaired) electrons. The number of hydrogen-bond acceptors (Lipinski definition) is 2. The fraction of sp³-hybridized carbons (Fsp3) is 0.938. The minimum Gasteiger partial charge on any atom is -0.342 e. The van der Waals surface area contributed by atoms with Gasteiger partial charge in [0.2, 0.25) is 5.91 Å². The zero-order valence-corrected chi connectivity index (χ0v) is 13.5. The summed E-state index contributed by atoms with van der Waals surface area (Å²) in [5.41, 5.74) is 6.36. The van der Waals surface area contributed by atoms with Crippen molar-refractivity contribution >= 4 is 5.91 Å². The molecule has 0 aliphatic carbocycles.